The van der Waals surface area contributed by atoms with Gasteiger partial charge in [-0.15, -0.1) is 0 Å². The highest BCUT2D eigenvalue weighted by Gasteiger charge is 2.35. The lowest BCUT2D eigenvalue weighted by molar-refractivity contribution is -0.137. The van der Waals surface area contributed by atoms with Gasteiger partial charge >= 0.3 is 6.18 Å². The number of carbonyl (C=O) groups is 2. The molecular weight excluding hydrogens is 391 g/mol. The Kier molecular flexibility index (Phi) is 5.73. The number of hydrogen-bond acceptors (Lipinski definition) is 4. The van der Waals surface area contributed by atoms with E-state index >= 15 is 0 Å². The van der Waals surface area contributed by atoms with Crippen molar-refractivity contribution in [3.8, 4) is 0 Å². The fraction of sp³-hybridized carbons (Fsp3) is 0.211. The highest BCUT2D eigenvalue weighted by atomic mass is 32.2. The van der Waals surface area contributed by atoms with Crippen molar-refractivity contribution in [1.29, 1.82) is 0 Å². The predicted octanol–water partition coefficient (Wildman–Crippen LogP) is 4.26. The maximum absolute atomic E-state index is 13.1. The fourth-order valence-corrected chi connectivity index (χ4v) is 3.51. The Morgan fingerprint density at radius 1 is 1.18 bits per heavy atom. The van der Waals surface area contributed by atoms with Crippen molar-refractivity contribution in [2.75, 3.05) is 5.32 Å². The highest BCUT2D eigenvalue weighted by molar-refractivity contribution is 8.15. The molecule has 0 radical (unpaired) electrons. The second-order valence-corrected chi connectivity index (χ2v) is 7.34. The molecule has 9 heteroatoms. The Morgan fingerprint density at radius 2 is 1.86 bits per heavy atom. The molecule has 1 unspecified atom stereocenters. The number of thioether (sulfide) groups is 1. The van der Waals surface area contributed by atoms with Gasteiger partial charge in [0, 0.05) is 12.1 Å². The topological polar surface area (TPSA) is 70.6 Å². The first-order valence-electron chi connectivity index (χ1n) is 8.31. The van der Waals surface area contributed by atoms with Gasteiger partial charge in [0.1, 0.15) is 5.25 Å². The van der Waals surface area contributed by atoms with Gasteiger partial charge in [0.15, 0.2) is 5.17 Å². The van der Waals surface area contributed by atoms with Gasteiger partial charge in [0.25, 0.3) is 0 Å². The number of benzene rings is 2. The third-order valence-corrected chi connectivity index (χ3v) is 5.00. The van der Waals surface area contributed by atoms with Crippen LogP contribution < -0.4 is 10.6 Å². The number of carbonyl (C=O) groups excluding carboxylic acids is 2. The van der Waals surface area contributed by atoms with Crippen LogP contribution in [0.2, 0.25) is 0 Å². The van der Waals surface area contributed by atoms with Crippen LogP contribution in [0.5, 0.6) is 0 Å². The van der Waals surface area contributed by atoms with E-state index in [1.165, 1.54) is 18.2 Å². The molecule has 0 saturated carbocycles. The second kappa shape index (κ2) is 8.05. The van der Waals surface area contributed by atoms with Gasteiger partial charge in [0.2, 0.25) is 11.8 Å². The Labute approximate surface area is 163 Å². The minimum Gasteiger partial charge on any atom is -0.326 e. The van der Waals surface area contributed by atoms with Crippen LogP contribution in [0.15, 0.2) is 53.5 Å². The molecule has 1 aliphatic rings. The van der Waals surface area contributed by atoms with E-state index in [9.17, 15) is 22.8 Å². The zero-order valence-electron chi connectivity index (χ0n) is 14.7. The molecule has 2 N–H and O–H groups in total. The van der Waals surface area contributed by atoms with Crippen molar-refractivity contribution in [3.63, 3.8) is 0 Å². The lowest BCUT2D eigenvalue weighted by Crippen LogP contribution is -2.28. The van der Waals surface area contributed by atoms with Gasteiger partial charge < -0.3 is 10.6 Å². The molecule has 0 spiro atoms. The maximum Gasteiger partial charge on any atom is 0.418 e. The van der Waals surface area contributed by atoms with E-state index in [4.69, 9.17) is 0 Å². The molecule has 2 aromatic rings. The van der Waals surface area contributed by atoms with E-state index in [1.807, 2.05) is 19.1 Å². The number of nitrogens with zero attached hydrogens (tertiary/aromatic N) is 1. The lowest BCUT2D eigenvalue weighted by atomic mass is 10.2. The van der Waals surface area contributed by atoms with E-state index in [0.29, 0.717) is 5.69 Å². The summed E-state index contributed by atoms with van der Waals surface area (Å²) >= 11 is 0.935. The van der Waals surface area contributed by atoms with Crippen LogP contribution in [-0.4, -0.2) is 22.2 Å². The van der Waals surface area contributed by atoms with Crippen LogP contribution in [0.3, 0.4) is 0 Å². The summed E-state index contributed by atoms with van der Waals surface area (Å²) in [7, 11) is 0. The van der Waals surface area contributed by atoms with Crippen LogP contribution in [0.25, 0.3) is 0 Å². The Balaban J connectivity index is 1.68. The Morgan fingerprint density at radius 3 is 2.54 bits per heavy atom. The maximum atomic E-state index is 13.1. The first kappa shape index (κ1) is 19.9. The monoisotopic (exact) mass is 407 g/mol. The van der Waals surface area contributed by atoms with Gasteiger partial charge in [-0.3, -0.25) is 9.59 Å². The lowest BCUT2D eigenvalue weighted by Gasteiger charge is -2.09. The summed E-state index contributed by atoms with van der Waals surface area (Å²) in [6.07, 6.45) is -4.68. The molecule has 0 bridgehead atoms. The molecule has 1 fully saturated rings. The Hall–Kier alpha value is -2.81. The van der Waals surface area contributed by atoms with E-state index in [-0.39, 0.29) is 23.2 Å². The van der Waals surface area contributed by atoms with Crippen molar-refractivity contribution < 1.29 is 22.8 Å². The van der Waals surface area contributed by atoms with Crippen LogP contribution in [-0.2, 0) is 15.8 Å². The molecule has 28 heavy (non-hydrogen) atoms. The van der Waals surface area contributed by atoms with Gasteiger partial charge in [-0.05, 0) is 31.2 Å². The number of aliphatic imine (C=N–C) groups is 1. The molecule has 3 rings (SSSR count). The number of amides is 2. The number of para-hydroxylation sites is 1. The highest BCUT2D eigenvalue weighted by Crippen LogP contribution is 2.37. The van der Waals surface area contributed by atoms with Crippen molar-refractivity contribution in [3.05, 3.63) is 59.7 Å². The fourth-order valence-electron chi connectivity index (χ4n) is 2.53. The largest absolute Gasteiger partial charge is 0.418 e. The van der Waals surface area contributed by atoms with Crippen molar-refractivity contribution >= 4 is 40.1 Å². The molecule has 0 aromatic heterocycles. The summed E-state index contributed by atoms with van der Waals surface area (Å²) in [4.78, 5) is 28.2. The normalized spacial score (nSPS) is 18.2. The number of anilines is 1. The number of nitrogens with one attached hydrogen (secondary N) is 2. The first-order valence-corrected chi connectivity index (χ1v) is 9.19. The van der Waals surface area contributed by atoms with Gasteiger partial charge in [0.05, 0.1) is 11.3 Å². The quantitative estimate of drug-likeness (QED) is 0.796. The molecular formula is C19H16F3N3O2S. The number of aryl methyl sites for hydroxylation is 1. The average Bonchev–Trinajstić information content (AvgIpc) is 2.95. The summed E-state index contributed by atoms with van der Waals surface area (Å²) < 4.78 is 39.2. The average molecular weight is 407 g/mol. The smallest absolute Gasteiger partial charge is 0.326 e. The standard InChI is InChI=1S/C19H16F3N3O2S/c1-11-6-8-12(9-7-11)23-16(26)10-15-17(27)25-18(28-15)24-14-5-3-2-4-13(14)19(20,21)22/h2-9,15H,10H2,1H3,(H,23,26)(H,24,25,27). The minimum absolute atomic E-state index is 0.0369. The van der Waals surface area contributed by atoms with Gasteiger partial charge in [-0.25, -0.2) is 4.99 Å². The third-order valence-electron chi connectivity index (χ3n) is 3.91. The molecule has 2 aromatic carbocycles. The molecule has 1 atom stereocenters. The van der Waals surface area contributed by atoms with E-state index in [1.54, 1.807) is 12.1 Å². The number of alkyl halides is 3. The van der Waals surface area contributed by atoms with Crippen LogP contribution in [0.1, 0.15) is 17.5 Å². The molecule has 0 aliphatic carbocycles. The van der Waals surface area contributed by atoms with Crippen LogP contribution in [0.4, 0.5) is 24.5 Å². The summed E-state index contributed by atoms with van der Waals surface area (Å²) in [5.41, 5.74) is 0.469. The van der Waals surface area contributed by atoms with Gasteiger partial charge in [-0.1, -0.05) is 41.6 Å². The second-order valence-electron chi connectivity index (χ2n) is 6.15. The summed E-state index contributed by atoms with van der Waals surface area (Å²) in [6.45, 7) is 1.92. The molecule has 146 valence electrons. The first-order chi connectivity index (χ1) is 13.2. The third kappa shape index (κ3) is 4.92. The van der Waals surface area contributed by atoms with Gasteiger partial charge in [-0.2, -0.15) is 13.2 Å². The minimum atomic E-state index is -4.55. The zero-order chi connectivity index (χ0) is 20.3. The van der Waals surface area contributed by atoms with Crippen molar-refractivity contribution in [2.24, 2.45) is 4.99 Å². The number of halogens is 3. The molecule has 1 aliphatic heterocycles. The molecule has 2 amide bonds. The van der Waals surface area contributed by atoms with E-state index < -0.39 is 22.9 Å². The summed E-state index contributed by atoms with van der Waals surface area (Å²) in [5, 5.41) is 4.40. The van der Waals surface area contributed by atoms with Crippen molar-refractivity contribution in [1.82, 2.24) is 5.32 Å². The SMILES string of the molecule is Cc1ccc(NC(=O)CC2SC(=Nc3ccccc3C(F)(F)F)NC2=O)cc1. The molecule has 5 nitrogen and oxygen atoms in total. The molecule has 1 saturated heterocycles. The van der Waals surface area contributed by atoms with Crippen LogP contribution >= 0.6 is 11.8 Å². The Bertz CT molecular complexity index is 927. The predicted molar refractivity (Wildman–Crippen MR) is 102 cm³/mol. The number of amidine groups is 1. The molecule has 1 heterocycles. The zero-order valence-corrected chi connectivity index (χ0v) is 15.5. The summed E-state index contributed by atoms with van der Waals surface area (Å²) in [5.74, 6) is -0.833. The van der Waals surface area contributed by atoms with Crippen molar-refractivity contribution in [2.45, 2.75) is 24.8 Å². The summed E-state index contributed by atoms with van der Waals surface area (Å²) in [6, 6.07) is 12.0. The number of hydrogen-bond donors (Lipinski definition) is 2. The van der Waals surface area contributed by atoms with Crippen LogP contribution in [0, 0.1) is 6.92 Å². The van der Waals surface area contributed by atoms with E-state index in [0.717, 1.165) is 23.4 Å². The van der Waals surface area contributed by atoms with E-state index in [2.05, 4.69) is 15.6 Å². The number of rotatable bonds is 4.